The van der Waals surface area contributed by atoms with Crippen LogP contribution < -0.4 is 16.1 Å². The molecule has 0 saturated heterocycles. The highest BCUT2D eigenvalue weighted by atomic mass is 32.1. The lowest BCUT2D eigenvalue weighted by molar-refractivity contribution is 0.969. The number of thiophene rings is 1. The van der Waals surface area contributed by atoms with Crippen molar-refractivity contribution in [2.75, 3.05) is 19.0 Å². The van der Waals surface area contributed by atoms with Crippen LogP contribution in [0.2, 0.25) is 0 Å². The van der Waals surface area contributed by atoms with E-state index in [1.54, 1.807) is 24.4 Å². The maximum absolute atomic E-state index is 13.1. The minimum Gasteiger partial charge on any atom is -0.377 e. The van der Waals surface area contributed by atoms with Crippen molar-refractivity contribution in [1.82, 2.24) is 24.5 Å². The fourth-order valence-electron chi connectivity index (χ4n) is 3.26. The molecule has 0 radical (unpaired) electrons. The van der Waals surface area contributed by atoms with Crippen molar-refractivity contribution in [3.63, 3.8) is 0 Å². The molecule has 1 aromatic carbocycles. The molecular formula is C18H14N6O2S. The van der Waals surface area contributed by atoms with Gasteiger partial charge in [-0.1, -0.05) is 0 Å². The first kappa shape index (κ1) is 15.8. The van der Waals surface area contributed by atoms with E-state index in [0.29, 0.717) is 26.9 Å². The summed E-state index contributed by atoms with van der Waals surface area (Å²) in [6, 6.07) is 7.20. The first-order valence-corrected chi connectivity index (χ1v) is 9.03. The van der Waals surface area contributed by atoms with E-state index in [-0.39, 0.29) is 11.2 Å². The molecule has 0 atom stereocenters. The summed E-state index contributed by atoms with van der Waals surface area (Å²) in [6.45, 7) is 0. The lowest BCUT2D eigenvalue weighted by atomic mass is 10.2. The predicted octanol–water partition coefficient (Wildman–Crippen LogP) is 2.23. The quantitative estimate of drug-likeness (QED) is 0.491. The van der Waals surface area contributed by atoms with Crippen molar-refractivity contribution < 1.29 is 0 Å². The van der Waals surface area contributed by atoms with Crippen LogP contribution in [0.1, 0.15) is 0 Å². The monoisotopic (exact) mass is 378 g/mol. The Labute approximate surface area is 155 Å². The van der Waals surface area contributed by atoms with Crippen molar-refractivity contribution in [3.8, 4) is 5.69 Å². The summed E-state index contributed by atoms with van der Waals surface area (Å²) in [5.41, 5.74) is 3.14. The molecule has 8 nitrogen and oxygen atoms in total. The Kier molecular flexibility index (Phi) is 3.22. The lowest BCUT2D eigenvalue weighted by Crippen LogP contribution is -2.17. The van der Waals surface area contributed by atoms with Gasteiger partial charge in [0.1, 0.15) is 15.9 Å². The molecule has 0 aliphatic heterocycles. The number of H-pyrrole nitrogens is 2. The first-order chi connectivity index (χ1) is 13.0. The second-order valence-electron chi connectivity index (χ2n) is 6.41. The molecule has 0 unspecified atom stereocenters. The van der Waals surface area contributed by atoms with E-state index in [9.17, 15) is 9.59 Å². The van der Waals surface area contributed by atoms with E-state index < -0.39 is 0 Å². The molecule has 0 bridgehead atoms. The number of rotatable bonds is 2. The van der Waals surface area contributed by atoms with E-state index in [1.807, 2.05) is 25.1 Å². The number of aromatic amines is 2. The van der Waals surface area contributed by atoms with Gasteiger partial charge in [-0.3, -0.25) is 9.36 Å². The minimum absolute atomic E-state index is 0.162. The first-order valence-electron chi connectivity index (χ1n) is 8.21. The van der Waals surface area contributed by atoms with E-state index >= 15 is 0 Å². The standard InChI is InChI=1S/C18H14N6O2S/c1-23(2)12-5-6-19-16-13(12)14-15(27-16)17(25)24(8-20-14)9-3-4-10-11(7-9)22-18(26)21-10/h3-8H,1-2H3,(H2,21,22,26). The van der Waals surface area contributed by atoms with Gasteiger partial charge in [0.25, 0.3) is 5.56 Å². The molecule has 0 aliphatic carbocycles. The van der Waals surface area contributed by atoms with E-state index in [4.69, 9.17) is 0 Å². The third-order valence-corrected chi connectivity index (χ3v) is 5.59. The van der Waals surface area contributed by atoms with Crippen molar-refractivity contribution >= 4 is 48.5 Å². The molecule has 0 fully saturated rings. The summed E-state index contributed by atoms with van der Waals surface area (Å²) in [5.74, 6) is 0. The molecule has 27 heavy (non-hydrogen) atoms. The summed E-state index contributed by atoms with van der Waals surface area (Å²) in [5, 5.41) is 0.886. The van der Waals surface area contributed by atoms with Crippen LogP contribution >= 0.6 is 11.3 Å². The van der Waals surface area contributed by atoms with E-state index in [0.717, 1.165) is 15.9 Å². The van der Waals surface area contributed by atoms with Crippen LogP contribution in [0.3, 0.4) is 0 Å². The van der Waals surface area contributed by atoms with Crippen molar-refractivity contribution in [3.05, 3.63) is 57.6 Å². The van der Waals surface area contributed by atoms with Gasteiger partial charge < -0.3 is 14.9 Å². The van der Waals surface area contributed by atoms with Crippen molar-refractivity contribution in [2.45, 2.75) is 0 Å². The van der Waals surface area contributed by atoms with E-state index in [2.05, 4.69) is 19.9 Å². The molecule has 4 aromatic heterocycles. The van der Waals surface area contributed by atoms with Gasteiger partial charge in [-0.05, 0) is 24.3 Å². The maximum Gasteiger partial charge on any atom is 0.323 e. The molecule has 0 saturated carbocycles. The van der Waals surface area contributed by atoms with Crippen LogP contribution in [0.4, 0.5) is 5.69 Å². The second-order valence-corrected chi connectivity index (χ2v) is 7.41. The molecule has 9 heteroatoms. The molecule has 0 aliphatic rings. The summed E-state index contributed by atoms with van der Waals surface area (Å²) in [6.07, 6.45) is 3.26. The van der Waals surface area contributed by atoms with Gasteiger partial charge in [0.2, 0.25) is 0 Å². The van der Waals surface area contributed by atoms with Gasteiger partial charge in [0.05, 0.1) is 33.3 Å². The summed E-state index contributed by atoms with van der Waals surface area (Å²) < 4.78 is 2.04. The molecule has 5 rings (SSSR count). The Bertz CT molecular complexity index is 1460. The van der Waals surface area contributed by atoms with Crippen LogP contribution in [-0.4, -0.2) is 38.6 Å². The SMILES string of the molecule is CN(C)c1ccnc2sc3c(=O)n(-c4ccc5[nH]c(=O)[nH]c5c4)cnc3c12. The Morgan fingerprint density at radius 2 is 1.89 bits per heavy atom. The van der Waals surface area contributed by atoms with Crippen molar-refractivity contribution in [1.29, 1.82) is 0 Å². The Hall–Kier alpha value is -3.46. The van der Waals surface area contributed by atoms with Crippen LogP contribution in [0.5, 0.6) is 0 Å². The number of aromatic nitrogens is 5. The largest absolute Gasteiger partial charge is 0.377 e. The number of pyridine rings is 1. The number of nitrogens with zero attached hydrogens (tertiary/aromatic N) is 4. The number of benzene rings is 1. The normalized spacial score (nSPS) is 11.6. The number of fused-ring (bicyclic) bond motifs is 4. The summed E-state index contributed by atoms with van der Waals surface area (Å²) in [4.78, 5) is 41.7. The average molecular weight is 378 g/mol. The van der Waals surface area contributed by atoms with Crippen LogP contribution in [-0.2, 0) is 0 Å². The van der Waals surface area contributed by atoms with Crippen LogP contribution in [0.25, 0.3) is 37.2 Å². The molecule has 0 amide bonds. The highest BCUT2D eigenvalue weighted by molar-refractivity contribution is 7.25. The molecule has 0 spiro atoms. The zero-order valence-electron chi connectivity index (χ0n) is 14.5. The minimum atomic E-state index is -0.283. The fourth-order valence-corrected chi connectivity index (χ4v) is 4.31. The number of anilines is 1. The summed E-state index contributed by atoms with van der Waals surface area (Å²) >= 11 is 1.34. The molecular weight excluding hydrogens is 364 g/mol. The smallest absolute Gasteiger partial charge is 0.323 e. The number of imidazole rings is 1. The van der Waals surface area contributed by atoms with Crippen LogP contribution in [0, 0.1) is 0 Å². The highest BCUT2D eigenvalue weighted by Gasteiger charge is 2.17. The zero-order valence-corrected chi connectivity index (χ0v) is 15.3. The van der Waals surface area contributed by atoms with Gasteiger partial charge in [0.15, 0.2) is 0 Å². The third-order valence-electron chi connectivity index (χ3n) is 4.52. The Balaban J connectivity index is 1.80. The van der Waals surface area contributed by atoms with Crippen molar-refractivity contribution in [2.24, 2.45) is 0 Å². The van der Waals surface area contributed by atoms with Crippen LogP contribution in [0.15, 0.2) is 46.4 Å². The third kappa shape index (κ3) is 2.28. The summed E-state index contributed by atoms with van der Waals surface area (Å²) in [7, 11) is 3.90. The maximum atomic E-state index is 13.1. The topological polar surface area (TPSA) is 99.7 Å². The fraction of sp³-hybridized carbons (Fsp3) is 0.111. The van der Waals surface area contributed by atoms with Gasteiger partial charge in [-0.15, -0.1) is 11.3 Å². The molecule has 2 N–H and O–H groups in total. The lowest BCUT2D eigenvalue weighted by Gasteiger charge is -2.13. The number of nitrogens with one attached hydrogen (secondary N) is 2. The number of hydrogen-bond donors (Lipinski definition) is 2. The average Bonchev–Trinajstić information content (AvgIpc) is 3.21. The Morgan fingerprint density at radius 3 is 2.70 bits per heavy atom. The van der Waals surface area contributed by atoms with E-state index in [1.165, 1.54) is 22.2 Å². The zero-order chi connectivity index (χ0) is 18.7. The second kappa shape index (κ2) is 5.52. The van der Waals surface area contributed by atoms with Gasteiger partial charge in [0, 0.05) is 20.3 Å². The van der Waals surface area contributed by atoms with Gasteiger partial charge in [-0.2, -0.15) is 0 Å². The predicted molar refractivity (Wildman–Crippen MR) is 107 cm³/mol. The molecule has 5 aromatic rings. The van der Waals surface area contributed by atoms with Gasteiger partial charge in [-0.25, -0.2) is 14.8 Å². The highest BCUT2D eigenvalue weighted by Crippen LogP contribution is 2.35. The molecule has 4 heterocycles. The Morgan fingerprint density at radius 1 is 1.07 bits per heavy atom. The van der Waals surface area contributed by atoms with Gasteiger partial charge >= 0.3 is 5.69 Å². The molecule has 134 valence electrons. The number of hydrogen-bond acceptors (Lipinski definition) is 6.